The van der Waals surface area contributed by atoms with Gasteiger partial charge in [0, 0.05) is 31.3 Å². The number of anilines is 1. The highest BCUT2D eigenvalue weighted by atomic mass is 35.5. The Kier molecular flexibility index (Phi) is 8.30. The zero-order valence-corrected chi connectivity index (χ0v) is 20.0. The van der Waals surface area contributed by atoms with Gasteiger partial charge >= 0.3 is 18.2 Å². The third-order valence-electron chi connectivity index (χ3n) is 5.31. The van der Waals surface area contributed by atoms with Crippen LogP contribution in [0.1, 0.15) is 23.1 Å². The summed E-state index contributed by atoms with van der Waals surface area (Å²) in [5, 5.41) is 11.4. The Balaban J connectivity index is 1.73. The number of nitrogens with zero attached hydrogens (tertiary/aromatic N) is 1. The van der Waals surface area contributed by atoms with Crippen LogP contribution in [-0.2, 0) is 23.9 Å². The fourth-order valence-corrected chi connectivity index (χ4v) is 4.13. The molecule has 0 unspecified atom stereocenters. The molecule has 0 aliphatic heterocycles. The van der Waals surface area contributed by atoms with Crippen molar-refractivity contribution in [3.63, 3.8) is 0 Å². The van der Waals surface area contributed by atoms with E-state index in [1.807, 2.05) is 0 Å². The van der Waals surface area contributed by atoms with Crippen molar-refractivity contribution in [3.8, 4) is 11.1 Å². The van der Waals surface area contributed by atoms with Crippen molar-refractivity contribution in [2.75, 3.05) is 11.9 Å². The highest BCUT2D eigenvalue weighted by Crippen LogP contribution is 2.43. The summed E-state index contributed by atoms with van der Waals surface area (Å²) in [5.41, 5.74) is 0.991. The minimum absolute atomic E-state index is 0.0270. The molecule has 2 amide bonds. The van der Waals surface area contributed by atoms with Crippen LogP contribution in [0.25, 0.3) is 11.1 Å². The van der Waals surface area contributed by atoms with Gasteiger partial charge in [-0.3, -0.25) is 9.69 Å². The molecule has 0 bridgehead atoms. The molecule has 35 heavy (non-hydrogen) atoms. The first-order chi connectivity index (χ1) is 16.5. The zero-order chi connectivity index (χ0) is 25.8. The molecule has 0 aliphatic carbocycles. The van der Waals surface area contributed by atoms with Crippen molar-refractivity contribution in [1.82, 2.24) is 5.32 Å². The van der Waals surface area contributed by atoms with Crippen LogP contribution in [0.3, 0.4) is 0 Å². The van der Waals surface area contributed by atoms with Crippen molar-refractivity contribution < 1.29 is 27.9 Å². The molecule has 10 heteroatoms. The largest absolute Gasteiger partial charge is 0.481 e. The number of carboxylic acids is 1. The van der Waals surface area contributed by atoms with E-state index < -0.39 is 23.7 Å². The van der Waals surface area contributed by atoms with Crippen LogP contribution < -0.4 is 10.2 Å². The first-order valence-corrected chi connectivity index (χ1v) is 11.2. The fourth-order valence-electron chi connectivity index (χ4n) is 3.45. The Morgan fingerprint density at radius 3 is 2.11 bits per heavy atom. The predicted octanol–water partition coefficient (Wildman–Crippen LogP) is 7.04. The second-order valence-corrected chi connectivity index (χ2v) is 8.57. The van der Waals surface area contributed by atoms with Crippen molar-refractivity contribution in [2.24, 2.45) is 0 Å². The molecule has 0 radical (unpaired) electrons. The minimum atomic E-state index is -4.59. The molecular weight excluding hydrogens is 504 g/mol. The lowest BCUT2D eigenvalue weighted by molar-refractivity contribution is -0.137. The lowest BCUT2D eigenvalue weighted by atomic mass is 9.98. The molecule has 0 saturated carbocycles. The average molecular weight is 525 g/mol. The fraction of sp³-hybridized carbons (Fsp3) is 0.200. The van der Waals surface area contributed by atoms with E-state index in [4.69, 9.17) is 28.3 Å². The lowest BCUT2D eigenvalue weighted by Crippen LogP contribution is -2.36. The van der Waals surface area contributed by atoms with Gasteiger partial charge in [0.15, 0.2) is 0 Å². The number of amides is 2. The molecule has 184 valence electrons. The summed E-state index contributed by atoms with van der Waals surface area (Å²) in [6.45, 7) is 0.209. The Morgan fingerprint density at radius 1 is 0.971 bits per heavy atom. The highest BCUT2D eigenvalue weighted by molar-refractivity contribution is 6.39. The number of aryl methyl sites for hydroxylation is 1. The molecule has 3 rings (SSSR count). The van der Waals surface area contributed by atoms with E-state index in [0.717, 1.165) is 17.2 Å². The number of rotatable bonds is 7. The van der Waals surface area contributed by atoms with Gasteiger partial charge in [-0.2, -0.15) is 13.2 Å². The van der Waals surface area contributed by atoms with Gasteiger partial charge in [0.1, 0.15) is 0 Å². The lowest BCUT2D eigenvalue weighted by Gasteiger charge is -2.21. The van der Waals surface area contributed by atoms with Gasteiger partial charge in [0.2, 0.25) is 0 Å². The number of urea groups is 1. The number of carboxylic acid groups (broad SMARTS) is 1. The van der Waals surface area contributed by atoms with Gasteiger partial charge in [-0.25, -0.2) is 4.79 Å². The molecular formula is C25H21Cl2F3N2O3. The smallest absolute Gasteiger partial charge is 0.417 e. The van der Waals surface area contributed by atoms with E-state index in [2.05, 4.69) is 5.32 Å². The highest BCUT2D eigenvalue weighted by Gasteiger charge is 2.34. The van der Waals surface area contributed by atoms with Crippen molar-refractivity contribution >= 4 is 40.9 Å². The summed E-state index contributed by atoms with van der Waals surface area (Å²) in [6.07, 6.45) is -4.14. The van der Waals surface area contributed by atoms with Crippen LogP contribution in [0.2, 0.25) is 10.0 Å². The number of carbonyl (C=O) groups is 2. The van der Waals surface area contributed by atoms with E-state index >= 15 is 0 Å². The third kappa shape index (κ3) is 6.68. The number of halogens is 5. The number of aliphatic carboxylic acids is 1. The molecule has 3 aromatic rings. The van der Waals surface area contributed by atoms with E-state index in [1.54, 1.807) is 24.3 Å². The van der Waals surface area contributed by atoms with Crippen molar-refractivity contribution in [3.05, 3.63) is 87.4 Å². The molecule has 3 aromatic carbocycles. The normalized spacial score (nSPS) is 11.3. The Bertz CT molecular complexity index is 1210. The van der Waals surface area contributed by atoms with Crippen molar-refractivity contribution in [2.45, 2.75) is 25.6 Å². The van der Waals surface area contributed by atoms with Gasteiger partial charge in [0.05, 0.1) is 15.6 Å². The number of hydrogen-bond acceptors (Lipinski definition) is 2. The van der Waals surface area contributed by atoms with Crippen molar-refractivity contribution in [1.29, 1.82) is 0 Å². The molecule has 2 N–H and O–H groups in total. The molecule has 0 aromatic heterocycles. The van der Waals surface area contributed by atoms with Gasteiger partial charge in [0.25, 0.3) is 0 Å². The quantitative estimate of drug-likeness (QED) is 0.348. The van der Waals surface area contributed by atoms with Gasteiger partial charge in [-0.15, -0.1) is 0 Å². The summed E-state index contributed by atoms with van der Waals surface area (Å²) in [4.78, 5) is 24.6. The van der Waals surface area contributed by atoms with E-state index in [-0.39, 0.29) is 34.1 Å². The monoisotopic (exact) mass is 524 g/mol. The van der Waals surface area contributed by atoms with Crippen LogP contribution >= 0.6 is 23.2 Å². The van der Waals surface area contributed by atoms with E-state index in [0.29, 0.717) is 12.1 Å². The van der Waals surface area contributed by atoms with E-state index in [9.17, 15) is 22.8 Å². The zero-order valence-electron chi connectivity index (χ0n) is 18.5. The molecule has 5 nitrogen and oxygen atoms in total. The second-order valence-electron chi connectivity index (χ2n) is 7.76. The first-order valence-electron chi connectivity index (χ1n) is 10.4. The van der Waals surface area contributed by atoms with Crippen LogP contribution in [0.15, 0.2) is 60.7 Å². The van der Waals surface area contributed by atoms with E-state index in [1.165, 1.54) is 42.3 Å². The number of carbonyl (C=O) groups excluding carboxylic acids is 1. The number of alkyl halides is 3. The summed E-state index contributed by atoms with van der Waals surface area (Å²) in [5.74, 6) is -0.873. The maximum absolute atomic E-state index is 13.5. The standard InChI is InChI=1S/C25H21Cl2F3N2O3/c1-32(24(35)31-14-16-8-6-15(7-9-16)10-11-22(33)34)17-12-20(26)23(21(27)13-17)18-4-2-3-5-19(18)25(28,29)30/h2-9,12-13H,10-11,14H2,1H3,(H,31,35)(H,33,34). The Hall–Kier alpha value is -3.23. The SMILES string of the molecule is CN(C(=O)NCc1ccc(CCC(=O)O)cc1)c1cc(Cl)c(-c2ccccc2C(F)(F)F)c(Cl)c1. The predicted molar refractivity (Wildman–Crippen MR) is 130 cm³/mol. The topological polar surface area (TPSA) is 69.6 Å². The van der Waals surface area contributed by atoms with Crippen LogP contribution in [0.5, 0.6) is 0 Å². The number of benzene rings is 3. The van der Waals surface area contributed by atoms with Gasteiger partial charge in [-0.05, 0) is 41.3 Å². The summed E-state index contributed by atoms with van der Waals surface area (Å²) in [6, 6.07) is 14.4. The van der Waals surface area contributed by atoms with Gasteiger partial charge in [-0.1, -0.05) is 65.7 Å². The maximum Gasteiger partial charge on any atom is 0.417 e. The second kappa shape index (κ2) is 11.0. The molecule has 0 aliphatic rings. The summed E-state index contributed by atoms with van der Waals surface area (Å²) < 4.78 is 40.4. The third-order valence-corrected chi connectivity index (χ3v) is 5.91. The van der Waals surface area contributed by atoms with Gasteiger partial charge < -0.3 is 10.4 Å². The summed E-state index contributed by atoms with van der Waals surface area (Å²) in [7, 11) is 1.48. The number of hydrogen-bond donors (Lipinski definition) is 2. The minimum Gasteiger partial charge on any atom is -0.481 e. The van der Waals surface area contributed by atoms with Crippen LogP contribution in [0.4, 0.5) is 23.7 Å². The molecule has 0 heterocycles. The van der Waals surface area contributed by atoms with Crippen LogP contribution in [-0.4, -0.2) is 24.2 Å². The summed E-state index contributed by atoms with van der Waals surface area (Å²) >= 11 is 12.7. The average Bonchev–Trinajstić information content (AvgIpc) is 2.80. The first kappa shape index (κ1) is 26.4. The molecule has 0 atom stereocenters. The molecule has 0 fully saturated rings. The molecule has 0 saturated heterocycles. The van der Waals surface area contributed by atoms with Crippen LogP contribution in [0, 0.1) is 0 Å². The molecule has 0 spiro atoms. The Morgan fingerprint density at radius 2 is 1.54 bits per heavy atom. The number of nitrogens with one attached hydrogen (secondary N) is 1. The maximum atomic E-state index is 13.5. The Labute approximate surface area is 210 Å².